The second kappa shape index (κ2) is 12.0. The molecule has 0 aliphatic carbocycles. The first-order valence-electron chi connectivity index (χ1n) is 12.5. The lowest BCUT2D eigenvalue weighted by atomic mass is 10.1. The molecule has 0 aromatic heterocycles. The number of amides is 2. The molecule has 1 heterocycles. The largest absolute Gasteiger partial charge is 0.349 e. The van der Waals surface area contributed by atoms with Crippen LogP contribution < -0.4 is 0 Å². The smallest absolute Gasteiger partial charge is 0.305 e. The maximum atomic E-state index is 14.5. The molecule has 1 aromatic rings. The van der Waals surface area contributed by atoms with Gasteiger partial charge in [0.25, 0.3) is 11.8 Å². The standard InChI is InChI=1S/C25H41NO8P2/c1-17(2)31-35(29,32-18(3)4)25(9,36(30,33-19(5)6)34-20(7)8)15-12-16-26-23(27)21-13-10-11-14-22(21)24(26)28/h10-11,13-14,17-20H,12,15-16H2,1-9H3. The third kappa shape index (κ3) is 6.56. The van der Waals surface area contributed by atoms with Gasteiger partial charge in [0, 0.05) is 6.54 Å². The highest BCUT2D eigenvalue weighted by molar-refractivity contribution is 7.74. The Balaban J connectivity index is 2.48. The second-order valence-corrected chi connectivity index (χ2v) is 15.4. The van der Waals surface area contributed by atoms with Gasteiger partial charge in [0.05, 0.1) is 35.5 Å². The first-order chi connectivity index (χ1) is 16.6. The van der Waals surface area contributed by atoms with Crippen molar-refractivity contribution in [2.75, 3.05) is 6.54 Å². The van der Waals surface area contributed by atoms with Gasteiger partial charge in [-0.15, -0.1) is 0 Å². The monoisotopic (exact) mass is 545 g/mol. The van der Waals surface area contributed by atoms with Crippen LogP contribution in [0.5, 0.6) is 0 Å². The van der Waals surface area contributed by atoms with Crippen molar-refractivity contribution in [3.8, 4) is 0 Å². The first-order valence-corrected chi connectivity index (χ1v) is 15.5. The van der Waals surface area contributed by atoms with Crippen LogP contribution in [-0.4, -0.2) is 52.6 Å². The van der Waals surface area contributed by atoms with Crippen LogP contribution >= 0.6 is 15.2 Å². The van der Waals surface area contributed by atoms with Gasteiger partial charge < -0.3 is 18.1 Å². The molecule has 2 rings (SSSR count). The molecule has 0 atom stereocenters. The number of rotatable bonds is 14. The lowest BCUT2D eigenvalue weighted by molar-refractivity contribution is 0.0650. The highest BCUT2D eigenvalue weighted by Crippen LogP contribution is 2.80. The van der Waals surface area contributed by atoms with Gasteiger partial charge in [-0.05, 0) is 87.3 Å². The summed E-state index contributed by atoms with van der Waals surface area (Å²) in [4.78, 5) is 25.1. The molecule has 9 nitrogen and oxygen atoms in total. The van der Waals surface area contributed by atoms with Gasteiger partial charge >= 0.3 is 15.2 Å². The summed E-state index contributed by atoms with van der Waals surface area (Å²) >= 11 is 0. The summed E-state index contributed by atoms with van der Waals surface area (Å²) in [5.41, 5.74) is 0.693. The SMILES string of the molecule is CC(C)OP(=O)(OC(C)C)C(C)(CCCN1C(=O)c2ccccc2C1=O)P(=O)(OC(C)C)OC(C)C. The molecule has 0 radical (unpaired) electrons. The predicted octanol–water partition coefficient (Wildman–Crippen LogP) is 6.87. The molecule has 0 unspecified atom stereocenters. The van der Waals surface area contributed by atoms with Gasteiger partial charge in [-0.25, -0.2) is 0 Å². The van der Waals surface area contributed by atoms with E-state index < -0.39 is 56.3 Å². The van der Waals surface area contributed by atoms with Gasteiger partial charge in [0.1, 0.15) is 0 Å². The van der Waals surface area contributed by atoms with E-state index in [9.17, 15) is 18.7 Å². The van der Waals surface area contributed by atoms with E-state index in [1.54, 1.807) is 79.7 Å². The second-order valence-electron chi connectivity index (χ2n) is 10.2. The Kier molecular flexibility index (Phi) is 10.3. The number of fused-ring (bicyclic) bond motifs is 1. The lowest BCUT2D eigenvalue weighted by Gasteiger charge is -2.42. The molecule has 1 aliphatic rings. The number of imide groups is 1. The van der Waals surface area contributed by atoms with Crippen molar-refractivity contribution in [2.24, 2.45) is 0 Å². The van der Waals surface area contributed by atoms with Crippen molar-refractivity contribution in [2.45, 2.75) is 104 Å². The Hall–Kier alpha value is -1.34. The van der Waals surface area contributed by atoms with Crippen LogP contribution in [0, 0.1) is 0 Å². The molecule has 11 heteroatoms. The zero-order valence-corrected chi connectivity index (χ0v) is 24.6. The normalized spacial score (nSPS) is 15.2. The van der Waals surface area contributed by atoms with E-state index >= 15 is 0 Å². The number of hydrogen-bond acceptors (Lipinski definition) is 8. The molecule has 0 bridgehead atoms. The Morgan fingerprint density at radius 2 is 1.06 bits per heavy atom. The Labute approximate surface area is 215 Å². The summed E-state index contributed by atoms with van der Waals surface area (Å²) in [5.74, 6) is -0.783. The van der Waals surface area contributed by atoms with Gasteiger partial charge in [-0.3, -0.25) is 23.6 Å². The Bertz CT molecular complexity index is 936. The van der Waals surface area contributed by atoms with Crippen molar-refractivity contribution in [1.29, 1.82) is 0 Å². The van der Waals surface area contributed by atoms with E-state index in [0.29, 0.717) is 11.1 Å². The molecule has 1 aliphatic heterocycles. The highest BCUT2D eigenvalue weighted by Gasteiger charge is 2.63. The van der Waals surface area contributed by atoms with E-state index in [1.807, 2.05) is 0 Å². The number of carbonyl (C=O) groups is 2. The van der Waals surface area contributed by atoms with Gasteiger partial charge in [-0.2, -0.15) is 0 Å². The summed E-state index contributed by atoms with van der Waals surface area (Å²) < 4.78 is 52.5. The lowest BCUT2D eigenvalue weighted by Crippen LogP contribution is -2.36. The van der Waals surface area contributed by atoms with E-state index in [4.69, 9.17) is 18.1 Å². The first kappa shape index (κ1) is 30.9. The van der Waals surface area contributed by atoms with Crippen molar-refractivity contribution in [1.82, 2.24) is 4.90 Å². The summed E-state index contributed by atoms with van der Waals surface area (Å²) in [6.45, 7) is 15.3. The third-order valence-electron chi connectivity index (χ3n) is 5.49. The number of nitrogens with zero attached hydrogens (tertiary/aromatic N) is 1. The van der Waals surface area contributed by atoms with Gasteiger partial charge in [-0.1, -0.05) is 12.1 Å². The molecular weight excluding hydrogens is 504 g/mol. The molecule has 0 spiro atoms. The third-order valence-corrected chi connectivity index (χ3v) is 12.6. The predicted molar refractivity (Wildman–Crippen MR) is 140 cm³/mol. The average Bonchev–Trinajstić information content (AvgIpc) is 2.96. The van der Waals surface area contributed by atoms with Crippen molar-refractivity contribution in [3.05, 3.63) is 35.4 Å². The Morgan fingerprint density at radius 1 is 0.722 bits per heavy atom. The molecule has 204 valence electrons. The van der Waals surface area contributed by atoms with Gasteiger partial charge in [0.15, 0.2) is 4.90 Å². The Morgan fingerprint density at radius 3 is 1.36 bits per heavy atom. The maximum Gasteiger partial charge on any atom is 0.349 e. The summed E-state index contributed by atoms with van der Waals surface area (Å²) in [7, 11) is -8.28. The van der Waals surface area contributed by atoms with Gasteiger partial charge in [0.2, 0.25) is 0 Å². The van der Waals surface area contributed by atoms with Crippen LogP contribution in [0.25, 0.3) is 0 Å². The van der Waals surface area contributed by atoms with Crippen LogP contribution in [0.2, 0.25) is 0 Å². The molecule has 0 saturated heterocycles. The van der Waals surface area contributed by atoms with Crippen molar-refractivity contribution >= 4 is 27.0 Å². The fourth-order valence-electron chi connectivity index (χ4n) is 4.05. The molecule has 2 amide bonds. The minimum atomic E-state index is -4.14. The number of hydrogen-bond donors (Lipinski definition) is 0. The van der Waals surface area contributed by atoms with E-state index in [0.717, 1.165) is 4.90 Å². The van der Waals surface area contributed by atoms with E-state index in [2.05, 4.69) is 0 Å². The topological polar surface area (TPSA) is 108 Å². The molecule has 0 fully saturated rings. The summed E-state index contributed by atoms with van der Waals surface area (Å²) in [6.07, 6.45) is -1.84. The van der Waals surface area contributed by atoms with Crippen LogP contribution in [0.15, 0.2) is 24.3 Å². The quantitative estimate of drug-likeness (QED) is 0.184. The van der Waals surface area contributed by atoms with Crippen LogP contribution in [0.3, 0.4) is 0 Å². The highest BCUT2D eigenvalue weighted by atomic mass is 31.2. The molecule has 0 saturated carbocycles. The van der Waals surface area contributed by atoms with E-state index in [-0.39, 0.29) is 19.4 Å². The molecule has 1 aromatic carbocycles. The van der Waals surface area contributed by atoms with Crippen LogP contribution in [-0.2, 0) is 27.2 Å². The molecule has 0 N–H and O–H groups in total. The summed E-state index contributed by atoms with van der Waals surface area (Å²) in [5, 5.41) is 0. The fraction of sp³-hybridized carbons (Fsp3) is 0.680. The van der Waals surface area contributed by atoms with Crippen molar-refractivity contribution in [3.63, 3.8) is 0 Å². The maximum absolute atomic E-state index is 14.5. The zero-order valence-electron chi connectivity index (χ0n) is 22.8. The minimum Gasteiger partial charge on any atom is -0.305 e. The average molecular weight is 546 g/mol. The minimum absolute atomic E-state index is 0.00611. The number of benzene rings is 1. The van der Waals surface area contributed by atoms with Crippen LogP contribution in [0.4, 0.5) is 0 Å². The summed E-state index contributed by atoms with van der Waals surface area (Å²) in [6, 6.07) is 6.64. The van der Waals surface area contributed by atoms with Crippen LogP contribution in [0.1, 0.15) is 95.9 Å². The molecular formula is C25H41NO8P2. The number of carbonyl (C=O) groups excluding carboxylic acids is 2. The fourth-order valence-corrected chi connectivity index (χ4v) is 9.91. The van der Waals surface area contributed by atoms with E-state index in [1.165, 1.54) is 6.92 Å². The molecule has 36 heavy (non-hydrogen) atoms. The zero-order chi connectivity index (χ0) is 27.5. The van der Waals surface area contributed by atoms with Crippen molar-refractivity contribution < 1.29 is 36.8 Å².